The number of fused-ring (bicyclic) bond motifs is 1. The number of aryl methyl sites for hydroxylation is 1. The number of benzene rings is 1. The van der Waals surface area contributed by atoms with E-state index < -0.39 is 11.9 Å². The van der Waals surface area contributed by atoms with E-state index in [0.717, 1.165) is 25.7 Å². The van der Waals surface area contributed by atoms with E-state index in [2.05, 4.69) is 10.2 Å². The van der Waals surface area contributed by atoms with E-state index in [-0.39, 0.29) is 5.75 Å². The van der Waals surface area contributed by atoms with Gasteiger partial charge in [-0.15, -0.1) is 10.2 Å². The van der Waals surface area contributed by atoms with Crippen LogP contribution in [0, 0.1) is 0 Å². The molecule has 0 spiro atoms. The van der Waals surface area contributed by atoms with Crippen LogP contribution in [-0.4, -0.2) is 14.8 Å². The molecule has 2 heterocycles. The van der Waals surface area contributed by atoms with Crippen molar-refractivity contribution in [2.75, 3.05) is 0 Å². The molecule has 112 valence electrons. The van der Waals surface area contributed by atoms with Gasteiger partial charge in [0, 0.05) is 13.0 Å². The topological polar surface area (TPSA) is 39.9 Å². The molecule has 0 unspecified atom stereocenters. The quantitative estimate of drug-likeness (QED) is 0.869. The lowest BCUT2D eigenvalue weighted by atomic mass is 10.1. The predicted molar refractivity (Wildman–Crippen MR) is 73.2 cm³/mol. The van der Waals surface area contributed by atoms with Gasteiger partial charge in [0.1, 0.15) is 11.6 Å². The van der Waals surface area contributed by atoms with Crippen molar-refractivity contribution >= 4 is 0 Å². The second kappa shape index (κ2) is 5.79. The fourth-order valence-corrected chi connectivity index (χ4v) is 2.56. The zero-order chi connectivity index (χ0) is 14.7. The summed E-state index contributed by atoms with van der Waals surface area (Å²) in [6.45, 7) is 0.519. The molecule has 0 N–H and O–H groups in total. The summed E-state index contributed by atoms with van der Waals surface area (Å²) in [5.74, 6) is 0.343. The normalized spacial score (nSPS) is 15.9. The van der Waals surface area contributed by atoms with Crippen LogP contribution in [0.15, 0.2) is 30.3 Å². The predicted octanol–water partition coefficient (Wildman–Crippen LogP) is 3.52. The monoisotopic (exact) mass is 293 g/mol. The van der Waals surface area contributed by atoms with Crippen molar-refractivity contribution < 1.29 is 13.5 Å². The minimum atomic E-state index is -3.48. The third-order valence-corrected chi connectivity index (χ3v) is 3.61. The third-order valence-electron chi connectivity index (χ3n) is 3.61. The van der Waals surface area contributed by atoms with Crippen LogP contribution < -0.4 is 4.74 Å². The third kappa shape index (κ3) is 3.04. The van der Waals surface area contributed by atoms with Gasteiger partial charge in [-0.2, -0.15) is 8.78 Å². The Balaban J connectivity index is 1.88. The summed E-state index contributed by atoms with van der Waals surface area (Å²) in [4.78, 5) is 0. The minimum absolute atomic E-state index is 0.116. The molecular formula is C15H17F2N3O. The Labute approximate surface area is 121 Å². The Hall–Kier alpha value is -1.98. The van der Waals surface area contributed by atoms with E-state index in [1.54, 1.807) is 18.2 Å². The van der Waals surface area contributed by atoms with Gasteiger partial charge in [-0.05, 0) is 25.0 Å². The number of halogens is 2. The van der Waals surface area contributed by atoms with Crippen LogP contribution in [0.3, 0.4) is 0 Å². The highest BCUT2D eigenvalue weighted by atomic mass is 19.3. The summed E-state index contributed by atoms with van der Waals surface area (Å²) in [7, 11) is 0. The number of aromatic nitrogens is 3. The van der Waals surface area contributed by atoms with E-state index in [0.29, 0.717) is 18.8 Å². The second-order valence-corrected chi connectivity index (χ2v) is 5.19. The summed E-state index contributed by atoms with van der Waals surface area (Å²) >= 11 is 0. The van der Waals surface area contributed by atoms with Crippen molar-refractivity contribution in [1.29, 1.82) is 0 Å². The van der Waals surface area contributed by atoms with Gasteiger partial charge in [-0.25, -0.2) is 0 Å². The maximum Gasteiger partial charge on any atom is 0.462 e. The molecule has 0 saturated carbocycles. The van der Waals surface area contributed by atoms with Crippen molar-refractivity contribution in [2.45, 2.75) is 44.8 Å². The molecular weight excluding hydrogens is 276 g/mol. The Morgan fingerprint density at radius 2 is 1.76 bits per heavy atom. The first-order chi connectivity index (χ1) is 10.2. The summed E-state index contributed by atoms with van der Waals surface area (Å²) < 4.78 is 35.0. The van der Waals surface area contributed by atoms with Gasteiger partial charge in [0.05, 0.1) is 0 Å². The average Bonchev–Trinajstić information content (AvgIpc) is 2.82. The summed E-state index contributed by atoms with van der Waals surface area (Å²) in [5, 5.41) is 7.61. The number of rotatable bonds is 3. The molecule has 0 atom stereocenters. The lowest BCUT2D eigenvalue weighted by Gasteiger charge is -2.19. The van der Waals surface area contributed by atoms with Gasteiger partial charge in [-0.3, -0.25) is 0 Å². The van der Waals surface area contributed by atoms with E-state index in [1.165, 1.54) is 16.7 Å². The highest BCUT2D eigenvalue weighted by Crippen LogP contribution is 2.31. The van der Waals surface area contributed by atoms with Gasteiger partial charge in [0.2, 0.25) is 5.82 Å². The zero-order valence-corrected chi connectivity index (χ0v) is 11.6. The van der Waals surface area contributed by atoms with Crippen molar-refractivity contribution in [1.82, 2.24) is 14.8 Å². The van der Waals surface area contributed by atoms with Crippen molar-refractivity contribution in [3.8, 4) is 5.75 Å². The van der Waals surface area contributed by atoms with Crippen LogP contribution in [0.1, 0.15) is 37.3 Å². The van der Waals surface area contributed by atoms with Gasteiger partial charge in [-0.1, -0.05) is 31.0 Å². The molecule has 6 heteroatoms. The average molecular weight is 293 g/mol. The molecule has 0 amide bonds. The minimum Gasteiger partial charge on any atom is -0.427 e. The van der Waals surface area contributed by atoms with Crippen LogP contribution in [0.2, 0.25) is 0 Å². The number of ether oxygens (including phenoxy) is 1. The van der Waals surface area contributed by atoms with Crippen molar-refractivity contribution in [2.24, 2.45) is 0 Å². The first-order valence-electron chi connectivity index (χ1n) is 7.21. The smallest absolute Gasteiger partial charge is 0.427 e. The molecule has 21 heavy (non-hydrogen) atoms. The summed E-state index contributed by atoms with van der Waals surface area (Å²) in [6.07, 6.45) is 1.18. The van der Waals surface area contributed by atoms with Gasteiger partial charge in [0.15, 0.2) is 0 Å². The lowest BCUT2D eigenvalue weighted by Crippen LogP contribution is -2.27. The Bertz CT molecular complexity index is 598. The molecule has 0 fully saturated rings. The van der Waals surface area contributed by atoms with Gasteiger partial charge < -0.3 is 9.30 Å². The van der Waals surface area contributed by atoms with Gasteiger partial charge >= 0.3 is 6.11 Å². The fraction of sp³-hybridized carbons (Fsp3) is 0.467. The molecule has 2 aromatic rings. The molecule has 1 aromatic carbocycles. The lowest BCUT2D eigenvalue weighted by molar-refractivity contribution is -0.194. The SMILES string of the molecule is FC(F)(Oc1ccccc1)c1nnc2n1CCCCCC2. The van der Waals surface area contributed by atoms with Crippen LogP contribution in [-0.2, 0) is 19.1 Å². The molecule has 0 aliphatic carbocycles. The number of hydrogen-bond donors (Lipinski definition) is 0. The standard InChI is InChI=1S/C15H17F2N3O/c16-15(17,21-12-8-4-3-5-9-12)14-19-18-13-10-6-1-2-7-11-20(13)14/h3-5,8-9H,1-2,6-7,10-11H2. The first-order valence-corrected chi connectivity index (χ1v) is 7.21. The Morgan fingerprint density at radius 3 is 2.57 bits per heavy atom. The first kappa shape index (κ1) is 14.0. The van der Waals surface area contributed by atoms with Crippen LogP contribution in [0.5, 0.6) is 5.75 Å². The Morgan fingerprint density at radius 1 is 1.00 bits per heavy atom. The Kier molecular flexibility index (Phi) is 3.86. The molecule has 1 aliphatic rings. The maximum absolute atomic E-state index is 14.4. The molecule has 0 saturated heterocycles. The molecule has 4 nitrogen and oxygen atoms in total. The zero-order valence-electron chi connectivity index (χ0n) is 11.6. The molecule has 1 aromatic heterocycles. The number of alkyl halides is 2. The van der Waals surface area contributed by atoms with E-state index in [4.69, 9.17) is 4.74 Å². The number of hydrogen-bond acceptors (Lipinski definition) is 3. The fourth-order valence-electron chi connectivity index (χ4n) is 2.56. The van der Waals surface area contributed by atoms with Crippen molar-refractivity contribution in [3.05, 3.63) is 42.0 Å². The molecule has 3 rings (SSSR count). The molecule has 0 radical (unpaired) electrons. The number of para-hydroxylation sites is 1. The summed E-state index contributed by atoms with van der Waals surface area (Å²) in [6, 6.07) is 8.05. The number of nitrogens with zero attached hydrogens (tertiary/aromatic N) is 3. The van der Waals surface area contributed by atoms with Crippen LogP contribution in [0.25, 0.3) is 0 Å². The maximum atomic E-state index is 14.4. The van der Waals surface area contributed by atoms with Crippen LogP contribution >= 0.6 is 0 Å². The second-order valence-electron chi connectivity index (χ2n) is 5.19. The van der Waals surface area contributed by atoms with E-state index in [1.807, 2.05) is 0 Å². The van der Waals surface area contributed by atoms with E-state index in [9.17, 15) is 8.78 Å². The molecule has 1 aliphatic heterocycles. The summed E-state index contributed by atoms with van der Waals surface area (Å²) in [5.41, 5.74) is 0. The van der Waals surface area contributed by atoms with Gasteiger partial charge in [0.25, 0.3) is 0 Å². The largest absolute Gasteiger partial charge is 0.462 e. The van der Waals surface area contributed by atoms with Crippen LogP contribution in [0.4, 0.5) is 8.78 Å². The highest BCUT2D eigenvalue weighted by molar-refractivity contribution is 5.22. The highest BCUT2D eigenvalue weighted by Gasteiger charge is 2.41. The van der Waals surface area contributed by atoms with Crippen molar-refractivity contribution in [3.63, 3.8) is 0 Å². The molecule has 0 bridgehead atoms. The van der Waals surface area contributed by atoms with E-state index >= 15 is 0 Å².